The number of nitrogens with one attached hydrogen (secondary N) is 1. The molecule has 2 heterocycles. The van der Waals surface area contributed by atoms with E-state index < -0.39 is 0 Å². The predicted octanol–water partition coefficient (Wildman–Crippen LogP) is 2.93. The molecule has 0 bridgehead atoms. The number of hydrogen-bond acceptors (Lipinski definition) is 2. The molecule has 96 valence electrons. The summed E-state index contributed by atoms with van der Waals surface area (Å²) < 4.78 is 1.12. The molecule has 1 aromatic carbocycles. The quantitative estimate of drug-likeness (QED) is 0.911. The van der Waals surface area contributed by atoms with Crippen LogP contribution in [0.3, 0.4) is 0 Å². The number of aryl methyl sites for hydroxylation is 1. The molecule has 2 fully saturated rings. The molecule has 0 spiro atoms. The standard InChI is InChI=1S/C14H17BrN2O/c1-9-7-10(4-5-11(9)15)16-12-8-14(18)17-6-2-3-13(12)17/h4-5,7,12-13,16H,2-3,6,8H2,1H3. The van der Waals surface area contributed by atoms with Crippen LogP contribution in [0.5, 0.6) is 0 Å². The Hall–Kier alpha value is -1.03. The first-order valence-corrected chi connectivity index (χ1v) is 7.26. The van der Waals surface area contributed by atoms with E-state index in [-0.39, 0.29) is 6.04 Å². The highest BCUT2D eigenvalue weighted by Crippen LogP contribution is 2.31. The van der Waals surface area contributed by atoms with Gasteiger partial charge in [0.1, 0.15) is 0 Å². The molecule has 2 aliphatic heterocycles. The van der Waals surface area contributed by atoms with Gasteiger partial charge in [-0.25, -0.2) is 0 Å². The molecule has 1 aromatic rings. The Morgan fingerprint density at radius 2 is 2.28 bits per heavy atom. The molecule has 3 rings (SSSR count). The molecule has 0 radical (unpaired) electrons. The topological polar surface area (TPSA) is 32.3 Å². The lowest BCUT2D eigenvalue weighted by molar-refractivity contribution is -0.127. The van der Waals surface area contributed by atoms with Crippen LogP contribution in [0, 0.1) is 6.92 Å². The third kappa shape index (κ3) is 2.03. The van der Waals surface area contributed by atoms with Crippen LogP contribution in [0.1, 0.15) is 24.8 Å². The van der Waals surface area contributed by atoms with Crippen molar-refractivity contribution >= 4 is 27.5 Å². The SMILES string of the molecule is Cc1cc(NC2CC(=O)N3CCCC23)ccc1Br. The number of anilines is 1. The summed E-state index contributed by atoms with van der Waals surface area (Å²) in [6, 6.07) is 6.94. The van der Waals surface area contributed by atoms with Crippen molar-refractivity contribution in [3.05, 3.63) is 28.2 Å². The van der Waals surface area contributed by atoms with Crippen molar-refractivity contribution in [2.75, 3.05) is 11.9 Å². The van der Waals surface area contributed by atoms with Crippen molar-refractivity contribution in [2.45, 2.75) is 38.3 Å². The van der Waals surface area contributed by atoms with E-state index in [1.54, 1.807) is 0 Å². The summed E-state index contributed by atoms with van der Waals surface area (Å²) in [6.07, 6.45) is 2.92. The summed E-state index contributed by atoms with van der Waals surface area (Å²) in [5.74, 6) is 0.309. The average Bonchev–Trinajstić information content (AvgIpc) is 2.90. The monoisotopic (exact) mass is 308 g/mol. The summed E-state index contributed by atoms with van der Waals surface area (Å²) in [6.45, 7) is 3.03. The number of nitrogens with zero attached hydrogens (tertiary/aromatic N) is 1. The fourth-order valence-electron chi connectivity index (χ4n) is 3.06. The molecule has 2 unspecified atom stereocenters. The fourth-order valence-corrected chi connectivity index (χ4v) is 3.30. The number of carbonyl (C=O) groups is 1. The second-order valence-corrected chi connectivity index (χ2v) is 6.07. The van der Waals surface area contributed by atoms with Gasteiger partial charge in [-0.05, 0) is 43.5 Å². The van der Waals surface area contributed by atoms with Gasteiger partial charge in [0.15, 0.2) is 0 Å². The molecule has 4 heteroatoms. The minimum atomic E-state index is 0.278. The Balaban J connectivity index is 1.76. The van der Waals surface area contributed by atoms with Gasteiger partial charge in [0, 0.05) is 23.1 Å². The molecule has 3 nitrogen and oxygen atoms in total. The van der Waals surface area contributed by atoms with Gasteiger partial charge in [-0.1, -0.05) is 15.9 Å². The van der Waals surface area contributed by atoms with Crippen molar-refractivity contribution in [2.24, 2.45) is 0 Å². The Kier molecular flexibility index (Phi) is 3.06. The van der Waals surface area contributed by atoms with E-state index in [0.29, 0.717) is 18.4 Å². The average molecular weight is 309 g/mol. The van der Waals surface area contributed by atoms with Crippen LogP contribution in [0.25, 0.3) is 0 Å². The van der Waals surface area contributed by atoms with E-state index in [2.05, 4.69) is 46.4 Å². The summed E-state index contributed by atoms with van der Waals surface area (Å²) in [4.78, 5) is 13.9. The van der Waals surface area contributed by atoms with Gasteiger partial charge in [-0.15, -0.1) is 0 Å². The molecule has 0 saturated carbocycles. The normalized spacial score (nSPS) is 26.6. The molecule has 2 aliphatic rings. The maximum Gasteiger partial charge on any atom is 0.225 e. The number of rotatable bonds is 2. The third-order valence-electron chi connectivity index (χ3n) is 3.99. The van der Waals surface area contributed by atoms with Gasteiger partial charge >= 0.3 is 0 Å². The maximum atomic E-state index is 11.9. The van der Waals surface area contributed by atoms with Crippen LogP contribution >= 0.6 is 15.9 Å². The van der Waals surface area contributed by atoms with E-state index in [0.717, 1.165) is 29.5 Å². The van der Waals surface area contributed by atoms with E-state index in [9.17, 15) is 4.79 Å². The van der Waals surface area contributed by atoms with Crippen LogP contribution in [0.2, 0.25) is 0 Å². The van der Waals surface area contributed by atoms with Crippen LogP contribution < -0.4 is 5.32 Å². The molecule has 1 N–H and O–H groups in total. The zero-order valence-electron chi connectivity index (χ0n) is 10.4. The lowest BCUT2D eigenvalue weighted by Gasteiger charge is -2.22. The largest absolute Gasteiger partial charge is 0.380 e. The van der Waals surface area contributed by atoms with Gasteiger partial charge < -0.3 is 10.2 Å². The Morgan fingerprint density at radius 3 is 3.06 bits per heavy atom. The highest BCUT2D eigenvalue weighted by molar-refractivity contribution is 9.10. The smallest absolute Gasteiger partial charge is 0.225 e. The highest BCUT2D eigenvalue weighted by atomic mass is 79.9. The minimum Gasteiger partial charge on any atom is -0.380 e. The van der Waals surface area contributed by atoms with Crippen molar-refractivity contribution in [3.8, 4) is 0 Å². The van der Waals surface area contributed by atoms with Crippen molar-refractivity contribution in [3.63, 3.8) is 0 Å². The summed E-state index contributed by atoms with van der Waals surface area (Å²) in [5.41, 5.74) is 2.33. The van der Waals surface area contributed by atoms with Gasteiger partial charge in [0.2, 0.25) is 5.91 Å². The van der Waals surface area contributed by atoms with Crippen LogP contribution in [0.15, 0.2) is 22.7 Å². The van der Waals surface area contributed by atoms with Crippen molar-refractivity contribution < 1.29 is 4.79 Å². The maximum absolute atomic E-state index is 11.9. The Bertz CT molecular complexity index is 489. The molecule has 18 heavy (non-hydrogen) atoms. The van der Waals surface area contributed by atoms with Gasteiger partial charge in [-0.3, -0.25) is 4.79 Å². The molecule has 2 saturated heterocycles. The van der Waals surface area contributed by atoms with Crippen LogP contribution in [-0.4, -0.2) is 29.4 Å². The van der Waals surface area contributed by atoms with E-state index in [1.807, 2.05) is 4.90 Å². The number of fused-ring (bicyclic) bond motifs is 1. The molecule has 2 atom stereocenters. The van der Waals surface area contributed by atoms with Gasteiger partial charge in [0.25, 0.3) is 0 Å². The second kappa shape index (κ2) is 4.57. The fraction of sp³-hybridized carbons (Fsp3) is 0.500. The highest BCUT2D eigenvalue weighted by Gasteiger charge is 2.42. The van der Waals surface area contributed by atoms with E-state index in [1.165, 1.54) is 5.56 Å². The zero-order valence-corrected chi connectivity index (χ0v) is 12.0. The molecule has 0 aromatic heterocycles. The Morgan fingerprint density at radius 1 is 1.44 bits per heavy atom. The number of halogens is 1. The molecular formula is C14H17BrN2O. The number of benzene rings is 1. The van der Waals surface area contributed by atoms with Crippen molar-refractivity contribution in [1.82, 2.24) is 4.90 Å². The molecular weight excluding hydrogens is 292 g/mol. The summed E-state index contributed by atoms with van der Waals surface area (Å²) in [7, 11) is 0. The van der Waals surface area contributed by atoms with Gasteiger partial charge in [0.05, 0.1) is 12.1 Å². The Labute approximate surface area is 116 Å². The summed E-state index contributed by atoms with van der Waals surface area (Å²) >= 11 is 3.51. The first kappa shape index (κ1) is 12.0. The van der Waals surface area contributed by atoms with Crippen LogP contribution in [-0.2, 0) is 4.79 Å². The molecule has 1 amide bonds. The number of carbonyl (C=O) groups excluding carboxylic acids is 1. The van der Waals surface area contributed by atoms with Crippen LogP contribution in [0.4, 0.5) is 5.69 Å². The number of amides is 1. The lowest BCUT2D eigenvalue weighted by Crippen LogP contribution is -2.34. The minimum absolute atomic E-state index is 0.278. The van der Waals surface area contributed by atoms with Gasteiger partial charge in [-0.2, -0.15) is 0 Å². The first-order valence-electron chi connectivity index (χ1n) is 6.47. The number of hydrogen-bond donors (Lipinski definition) is 1. The van der Waals surface area contributed by atoms with Crippen molar-refractivity contribution in [1.29, 1.82) is 0 Å². The molecule has 0 aliphatic carbocycles. The van der Waals surface area contributed by atoms with E-state index in [4.69, 9.17) is 0 Å². The predicted molar refractivity (Wildman–Crippen MR) is 75.6 cm³/mol. The zero-order chi connectivity index (χ0) is 12.7. The second-order valence-electron chi connectivity index (χ2n) is 5.22. The third-order valence-corrected chi connectivity index (χ3v) is 4.88. The first-order chi connectivity index (χ1) is 8.65. The van der Waals surface area contributed by atoms with E-state index >= 15 is 0 Å². The lowest BCUT2D eigenvalue weighted by atomic mass is 10.1. The summed E-state index contributed by atoms with van der Waals surface area (Å²) in [5, 5.41) is 3.53.